The van der Waals surface area contributed by atoms with Gasteiger partial charge in [-0.15, -0.1) is 0 Å². The number of furan rings is 1. The van der Waals surface area contributed by atoms with Gasteiger partial charge in [0.2, 0.25) is 5.82 Å². The van der Waals surface area contributed by atoms with Crippen LogP contribution in [0.3, 0.4) is 0 Å². The van der Waals surface area contributed by atoms with Crippen molar-refractivity contribution in [1.29, 1.82) is 0 Å². The Morgan fingerprint density at radius 1 is 1.00 bits per heavy atom. The highest BCUT2D eigenvalue weighted by Crippen LogP contribution is 2.23. The first-order valence-corrected chi connectivity index (χ1v) is 5.21. The maximum Gasteiger partial charge on any atom is 0.200 e. The van der Waals surface area contributed by atoms with Gasteiger partial charge in [-0.05, 0) is 12.1 Å². The highest BCUT2D eigenvalue weighted by atomic mass is 19.2. The fourth-order valence-corrected chi connectivity index (χ4v) is 1.33. The number of hydrogen-bond donors (Lipinski definition) is 0. The summed E-state index contributed by atoms with van der Waals surface area (Å²) in [5, 5.41) is 3.28. The van der Waals surface area contributed by atoms with Gasteiger partial charge in [0.1, 0.15) is 18.6 Å². The second kappa shape index (κ2) is 5.72. The molecule has 0 spiro atoms. The average Bonchev–Trinajstić information content (AvgIpc) is 2.95. The van der Waals surface area contributed by atoms with Crippen molar-refractivity contribution in [3.63, 3.8) is 0 Å². The van der Waals surface area contributed by atoms with E-state index in [-0.39, 0.29) is 0 Å². The molecule has 0 aliphatic rings. The Hall–Kier alpha value is -2.38. The van der Waals surface area contributed by atoms with Crippen molar-refractivity contribution in [3.05, 3.63) is 58.8 Å². The summed E-state index contributed by atoms with van der Waals surface area (Å²) in [5.41, 5.74) is -1.10. The van der Waals surface area contributed by atoms with E-state index in [1.807, 2.05) is 0 Å². The molecule has 3 nitrogen and oxygen atoms in total. The molecule has 0 aliphatic heterocycles. The Morgan fingerprint density at radius 2 is 1.60 bits per heavy atom. The Labute approximate surface area is 109 Å². The number of rotatable bonds is 4. The molecule has 0 saturated heterocycles. The van der Waals surface area contributed by atoms with E-state index in [2.05, 4.69) is 9.99 Å². The lowest BCUT2D eigenvalue weighted by Crippen LogP contribution is -2.07. The molecule has 106 valence electrons. The smallest absolute Gasteiger partial charge is 0.200 e. The summed E-state index contributed by atoms with van der Waals surface area (Å²) >= 11 is 0. The minimum Gasteiger partial charge on any atom is -0.463 e. The van der Waals surface area contributed by atoms with E-state index in [0.717, 1.165) is 6.21 Å². The molecule has 2 rings (SSSR count). The summed E-state index contributed by atoms with van der Waals surface area (Å²) in [7, 11) is 0. The van der Waals surface area contributed by atoms with Gasteiger partial charge in [0, 0.05) is 0 Å². The van der Waals surface area contributed by atoms with Crippen LogP contribution >= 0.6 is 0 Å². The molecule has 20 heavy (non-hydrogen) atoms. The minimum absolute atomic E-state index is 0.294. The second-order valence-electron chi connectivity index (χ2n) is 3.57. The summed E-state index contributed by atoms with van der Waals surface area (Å²) in [4.78, 5) is 4.48. The predicted molar refractivity (Wildman–Crippen MR) is 57.3 cm³/mol. The molecule has 0 amide bonds. The predicted octanol–water partition coefficient (Wildman–Crippen LogP) is 3.53. The highest BCUT2D eigenvalue weighted by molar-refractivity contribution is 5.74. The molecule has 0 N–H and O–H groups in total. The van der Waals surface area contributed by atoms with E-state index in [0.29, 0.717) is 5.76 Å². The molecule has 1 heterocycles. The molecule has 0 aliphatic carbocycles. The van der Waals surface area contributed by atoms with E-state index in [4.69, 9.17) is 4.42 Å². The molecule has 8 heteroatoms. The van der Waals surface area contributed by atoms with Gasteiger partial charge in [0.15, 0.2) is 23.3 Å². The monoisotopic (exact) mass is 291 g/mol. The van der Waals surface area contributed by atoms with Crippen LogP contribution in [-0.2, 0) is 11.4 Å². The summed E-state index contributed by atoms with van der Waals surface area (Å²) in [6, 6.07) is 3.08. The van der Waals surface area contributed by atoms with Gasteiger partial charge < -0.3 is 9.25 Å². The first kappa shape index (κ1) is 14.0. The molecule has 1 aromatic heterocycles. The Balaban J connectivity index is 2.14. The fraction of sp³-hybridized carbons (Fsp3) is 0.0833. The van der Waals surface area contributed by atoms with Crippen molar-refractivity contribution >= 4 is 6.21 Å². The largest absolute Gasteiger partial charge is 0.463 e. The molecule has 0 atom stereocenters. The van der Waals surface area contributed by atoms with Gasteiger partial charge in [-0.25, -0.2) is 22.0 Å². The zero-order valence-electron chi connectivity index (χ0n) is 9.67. The SMILES string of the molecule is Fc1c(F)c(F)c(CON=Cc2ccco2)c(F)c1F. The van der Waals surface area contributed by atoms with Crippen LogP contribution < -0.4 is 0 Å². The van der Waals surface area contributed by atoms with E-state index in [1.165, 1.54) is 12.3 Å². The Kier molecular flexibility index (Phi) is 4.02. The maximum atomic E-state index is 13.2. The molecule has 0 unspecified atom stereocenters. The van der Waals surface area contributed by atoms with Crippen LogP contribution in [0, 0.1) is 29.1 Å². The molecule has 1 aromatic carbocycles. The van der Waals surface area contributed by atoms with Crippen molar-refractivity contribution in [3.8, 4) is 0 Å². The van der Waals surface area contributed by atoms with Crippen molar-refractivity contribution in [1.82, 2.24) is 0 Å². The zero-order chi connectivity index (χ0) is 14.7. The maximum absolute atomic E-state index is 13.2. The molecular formula is C12H6F5NO2. The lowest BCUT2D eigenvalue weighted by molar-refractivity contribution is 0.124. The molecular weight excluding hydrogens is 285 g/mol. The third-order valence-corrected chi connectivity index (χ3v) is 2.31. The van der Waals surface area contributed by atoms with E-state index >= 15 is 0 Å². The summed E-state index contributed by atoms with van der Waals surface area (Å²) in [6.07, 6.45) is 2.43. The van der Waals surface area contributed by atoms with Crippen LogP contribution in [0.1, 0.15) is 11.3 Å². The quantitative estimate of drug-likeness (QED) is 0.284. The minimum atomic E-state index is -2.22. The summed E-state index contributed by atoms with van der Waals surface area (Å²) in [5.74, 6) is -9.88. The molecule has 2 aromatic rings. The van der Waals surface area contributed by atoms with E-state index in [9.17, 15) is 22.0 Å². The van der Waals surface area contributed by atoms with Crippen LogP contribution in [0.5, 0.6) is 0 Å². The van der Waals surface area contributed by atoms with Crippen molar-refractivity contribution in [2.75, 3.05) is 0 Å². The molecule has 0 fully saturated rings. The van der Waals surface area contributed by atoms with Crippen LogP contribution in [0.4, 0.5) is 22.0 Å². The summed E-state index contributed by atoms with van der Waals surface area (Å²) < 4.78 is 69.8. The zero-order valence-corrected chi connectivity index (χ0v) is 9.67. The normalized spacial score (nSPS) is 11.2. The third kappa shape index (κ3) is 2.63. The highest BCUT2D eigenvalue weighted by Gasteiger charge is 2.25. The second-order valence-corrected chi connectivity index (χ2v) is 3.57. The average molecular weight is 291 g/mol. The standard InChI is InChI=1S/C12H6F5NO2/c13-8-7(9(14)11(16)12(17)10(8)15)5-20-18-4-6-2-1-3-19-6/h1-4H,5H2. The van der Waals surface area contributed by atoms with Gasteiger partial charge in [0.05, 0.1) is 11.8 Å². The van der Waals surface area contributed by atoms with E-state index < -0.39 is 41.3 Å². The first-order valence-electron chi connectivity index (χ1n) is 5.21. The van der Waals surface area contributed by atoms with Gasteiger partial charge in [-0.2, -0.15) is 0 Å². The molecule has 0 bridgehead atoms. The van der Waals surface area contributed by atoms with Gasteiger partial charge >= 0.3 is 0 Å². The van der Waals surface area contributed by atoms with E-state index in [1.54, 1.807) is 6.07 Å². The first-order chi connectivity index (χ1) is 9.52. The molecule has 0 radical (unpaired) electrons. The Bertz CT molecular complexity index is 611. The van der Waals surface area contributed by atoms with Gasteiger partial charge in [0.25, 0.3) is 0 Å². The summed E-state index contributed by atoms with van der Waals surface area (Å²) in [6.45, 7) is -0.914. The third-order valence-electron chi connectivity index (χ3n) is 2.31. The van der Waals surface area contributed by atoms with Crippen LogP contribution in [-0.4, -0.2) is 6.21 Å². The topological polar surface area (TPSA) is 34.7 Å². The number of oxime groups is 1. The van der Waals surface area contributed by atoms with Gasteiger partial charge in [-0.1, -0.05) is 5.16 Å². The number of nitrogens with zero attached hydrogens (tertiary/aromatic N) is 1. The lowest BCUT2D eigenvalue weighted by atomic mass is 10.2. The van der Waals surface area contributed by atoms with Crippen LogP contribution in [0.25, 0.3) is 0 Å². The molecule has 0 saturated carbocycles. The van der Waals surface area contributed by atoms with Crippen LogP contribution in [0.15, 0.2) is 28.0 Å². The fourth-order valence-electron chi connectivity index (χ4n) is 1.33. The Morgan fingerprint density at radius 3 is 2.15 bits per heavy atom. The number of hydrogen-bond acceptors (Lipinski definition) is 3. The van der Waals surface area contributed by atoms with Crippen molar-refractivity contribution in [2.45, 2.75) is 6.61 Å². The van der Waals surface area contributed by atoms with Crippen LogP contribution in [0.2, 0.25) is 0 Å². The van der Waals surface area contributed by atoms with Crippen molar-refractivity contribution in [2.24, 2.45) is 5.16 Å². The van der Waals surface area contributed by atoms with Gasteiger partial charge in [-0.3, -0.25) is 0 Å². The number of halogens is 5. The van der Waals surface area contributed by atoms with Crippen molar-refractivity contribution < 1.29 is 31.2 Å². The number of benzene rings is 1. The lowest BCUT2D eigenvalue weighted by Gasteiger charge is -2.06.